The number of nitrogens with zero attached hydrogens (tertiary/aromatic N) is 3. The predicted molar refractivity (Wildman–Crippen MR) is 97.4 cm³/mol. The molecule has 1 aromatic rings. The summed E-state index contributed by atoms with van der Waals surface area (Å²) < 4.78 is 0. The number of imide groups is 2. The van der Waals surface area contributed by atoms with E-state index in [9.17, 15) is 24.0 Å². The van der Waals surface area contributed by atoms with Crippen molar-refractivity contribution >= 4 is 29.8 Å². The Hall–Kier alpha value is -3.43. The molecule has 10 nitrogen and oxygen atoms in total. The van der Waals surface area contributed by atoms with Crippen LogP contribution in [0.15, 0.2) is 30.3 Å². The Morgan fingerprint density at radius 3 is 1.72 bits per heavy atom. The average Bonchev–Trinajstić information content (AvgIpc) is 2.75. The second kappa shape index (κ2) is 6.29. The topological polar surface area (TPSA) is 119 Å². The van der Waals surface area contributed by atoms with Gasteiger partial charge in [0.05, 0.1) is 23.9 Å². The van der Waals surface area contributed by atoms with Gasteiger partial charge >= 0.3 is 12.1 Å². The van der Waals surface area contributed by atoms with Crippen molar-refractivity contribution in [1.29, 1.82) is 0 Å². The first kappa shape index (κ1) is 17.7. The highest BCUT2D eigenvalue weighted by Crippen LogP contribution is 2.46. The molecule has 4 unspecified atom stereocenters. The second-order valence-electron chi connectivity index (χ2n) is 7.67. The number of rotatable bonds is 1. The SMILES string of the molecule is O=C1NC(=O)N2CCN(C(=O)c3ccccc3)CCN3C(=O)NC(=O)C4C1C2C43. The number of carbonyl (C=O) groups excluding carboxylic acids is 5. The van der Waals surface area contributed by atoms with Crippen molar-refractivity contribution in [3.63, 3.8) is 0 Å². The van der Waals surface area contributed by atoms with Crippen molar-refractivity contribution < 1.29 is 24.0 Å². The minimum atomic E-state index is -0.690. The van der Waals surface area contributed by atoms with Gasteiger partial charge in [0.15, 0.2) is 0 Å². The van der Waals surface area contributed by atoms with Gasteiger partial charge in [-0.05, 0) is 12.1 Å². The summed E-state index contributed by atoms with van der Waals surface area (Å²) in [5.41, 5.74) is 0.516. The Morgan fingerprint density at radius 1 is 0.759 bits per heavy atom. The molecule has 1 aliphatic carbocycles. The average molecular weight is 397 g/mol. The van der Waals surface area contributed by atoms with E-state index in [2.05, 4.69) is 10.6 Å². The third kappa shape index (κ3) is 2.51. The van der Waals surface area contributed by atoms with Crippen LogP contribution in [0.25, 0.3) is 0 Å². The molecule has 29 heavy (non-hydrogen) atoms. The Labute approximate surface area is 165 Å². The maximum Gasteiger partial charge on any atom is 0.324 e. The molecule has 5 rings (SSSR count). The van der Waals surface area contributed by atoms with Crippen LogP contribution in [-0.4, -0.2) is 82.7 Å². The van der Waals surface area contributed by atoms with Crippen LogP contribution in [0.4, 0.5) is 9.59 Å². The van der Waals surface area contributed by atoms with Gasteiger partial charge in [-0.1, -0.05) is 18.2 Å². The van der Waals surface area contributed by atoms with Crippen molar-refractivity contribution in [2.75, 3.05) is 26.2 Å². The Morgan fingerprint density at radius 2 is 1.24 bits per heavy atom. The molecule has 4 aliphatic rings. The quantitative estimate of drug-likeness (QED) is 0.645. The van der Waals surface area contributed by atoms with E-state index < -0.39 is 47.8 Å². The zero-order valence-corrected chi connectivity index (χ0v) is 15.4. The third-order valence-corrected chi connectivity index (χ3v) is 6.31. The molecule has 2 N–H and O–H groups in total. The number of nitrogens with one attached hydrogen (secondary N) is 2. The molecule has 4 fully saturated rings. The molecule has 0 radical (unpaired) electrons. The summed E-state index contributed by atoms with van der Waals surface area (Å²) in [6, 6.07) is 6.57. The summed E-state index contributed by atoms with van der Waals surface area (Å²) in [7, 11) is 0. The molecule has 1 aromatic carbocycles. The molecular weight excluding hydrogens is 378 g/mol. The third-order valence-electron chi connectivity index (χ3n) is 6.31. The molecule has 4 atom stereocenters. The number of carbonyl (C=O) groups is 5. The van der Waals surface area contributed by atoms with Gasteiger partial charge in [-0.15, -0.1) is 0 Å². The van der Waals surface area contributed by atoms with Crippen LogP contribution in [0.1, 0.15) is 10.4 Å². The summed E-state index contributed by atoms with van der Waals surface area (Å²) in [6.07, 6.45) is 0. The van der Waals surface area contributed by atoms with Gasteiger partial charge in [-0.2, -0.15) is 0 Å². The van der Waals surface area contributed by atoms with E-state index in [1.54, 1.807) is 29.2 Å². The molecule has 0 aromatic heterocycles. The summed E-state index contributed by atoms with van der Waals surface area (Å²) in [4.78, 5) is 67.2. The molecule has 0 spiro atoms. The second-order valence-corrected chi connectivity index (χ2v) is 7.67. The number of fused-ring (bicyclic) bond motifs is 1. The van der Waals surface area contributed by atoms with E-state index in [1.165, 1.54) is 9.80 Å². The van der Waals surface area contributed by atoms with E-state index in [4.69, 9.17) is 0 Å². The van der Waals surface area contributed by atoms with E-state index in [1.807, 2.05) is 6.07 Å². The Kier molecular flexibility index (Phi) is 3.83. The van der Waals surface area contributed by atoms with E-state index in [-0.39, 0.29) is 32.1 Å². The molecule has 3 aliphatic heterocycles. The normalized spacial score (nSPS) is 31.0. The molecule has 10 heteroatoms. The van der Waals surface area contributed by atoms with E-state index in [0.29, 0.717) is 5.56 Å². The van der Waals surface area contributed by atoms with Crippen molar-refractivity contribution in [2.45, 2.75) is 12.1 Å². The van der Waals surface area contributed by atoms with Gasteiger partial charge in [0.1, 0.15) is 0 Å². The standard InChI is InChI=1S/C19H19N5O5/c25-15-11-12-14-13(11)23(18(28)20-15)8-6-22(17(27)10-4-2-1-3-5-10)7-9-24(14)19(29)21-16(12)26/h1-5,11-14H,6-9H2,(H,20,25,28)(H,21,26,29). The summed E-state index contributed by atoms with van der Waals surface area (Å²) in [6.45, 7) is 0.955. The zero-order valence-electron chi connectivity index (χ0n) is 15.4. The predicted octanol–water partition coefficient (Wildman–Crippen LogP) is -0.771. The van der Waals surface area contributed by atoms with Crippen LogP contribution >= 0.6 is 0 Å². The maximum atomic E-state index is 12.9. The van der Waals surface area contributed by atoms with Gasteiger partial charge in [0.2, 0.25) is 11.8 Å². The number of hydrogen-bond acceptors (Lipinski definition) is 5. The van der Waals surface area contributed by atoms with Crippen molar-refractivity contribution in [2.24, 2.45) is 11.8 Å². The van der Waals surface area contributed by atoms with Gasteiger partial charge in [0, 0.05) is 31.7 Å². The molecule has 7 amide bonds. The summed E-state index contributed by atoms with van der Waals surface area (Å²) in [5.74, 6) is -2.55. The number of amides is 7. The van der Waals surface area contributed by atoms with Gasteiger partial charge in [-0.3, -0.25) is 25.0 Å². The van der Waals surface area contributed by atoms with Crippen LogP contribution in [0.2, 0.25) is 0 Å². The molecule has 3 saturated heterocycles. The van der Waals surface area contributed by atoms with E-state index >= 15 is 0 Å². The van der Waals surface area contributed by atoms with Crippen LogP contribution < -0.4 is 10.6 Å². The monoisotopic (exact) mass is 397 g/mol. The highest BCUT2D eigenvalue weighted by Gasteiger charge is 2.67. The van der Waals surface area contributed by atoms with Gasteiger partial charge in [-0.25, -0.2) is 9.59 Å². The number of hydrogen-bond donors (Lipinski definition) is 2. The van der Waals surface area contributed by atoms with Crippen molar-refractivity contribution in [3.8, 4) is 0 Å². The van der Waals surface area contributed by atoms with Gasteiger partial charge < -0.3 is 14.7 Å². The smallest absolute Gasteiger partial charge is 0.324 e. The lowest BCUT2D eigenvalue weighted by Gasteiger charge is -2.60. The molecular formula is C19H19N5O5. The molecule has 3 heterocycles. The lowest BCUT2D eigenvalue weighted by molar-refractivity contribution is -0.162. The fourth-order valence-corrected chi connectivity index (χ4v) is 4.93. The minimum absolute atomic E-state index is 0.199. The van der Waals surface area contributed by atoms with Crippen LogP contribution in [0.5, 0.6) is 0 Å². The highest BCUT2D eigenvalue weighted by atomic mass is 16.2. The summed E-state index contributed by atoms with van der Waals surface area (Å²) >= 11 is 0. The molecule has 150 valence electrons. The first-order chi connectivity index (χ1) is 14.0. The fraction of sp³-hybridized carbons (Fsp3) is 0.421. The lowest BCUT2D eigenvalue weighted by atomic mass is 9.61. The summed E-state index contributed by atoms with van der Waals surface area (Å²) in [5, 5.41) is 4.61. The first-order valence-corrected chi connectivity index (χ1v) is 9.54. The van der Waals surface area contributed by atoms with Gasteiger partial charge in [0.25, 0.3) is 5.91 Å². The first-order valence-electron chi connectivity index (χ1n) is 9.54. The fourth-order valence-electron chi connectivity index (χ4n) is 4.93. The van der Waals surface area contributed by atoms with Crippen LogP contribution in [0.3, 0.4) is 0 Å². The van der Waals surface area contributed by atoms with Crippen molar-refractivity contribution in [3.05, 3.63) is 35.9 Å². The minimum Gasteiger partial charge on any atom is -0.335 e. The lowest BCUT2D eigenvalue weighted by Crippen LogP contribution is -2.82. The number of urea groups is 2. The number of benzene rings is 1. The zero-order chi connectivity index (χ0) is 20.3. The Bertz CT molecular complexity index is 884. The Balaban J connectivity index is 1.49. The maximum absolute atomic E-state index is 12.9. The van der Waals surface area contributed by atoms with Crippen LogP contribution in [-0.2, 0) is 9.59 Å². The largest absolute Gasteiger partial charge is 0.335 e. The van der Waals surface area contributed by atoms with E-state index in [0.717, 1.165) is 0 Å². The highest BCUT2D eigenvalue weighted by molar-refractivity contribution is 6.07. The molecule has 1 saturated carbocycles. The van der Waals surface area contributed by atoms with Crippen LogP contribution in [0, 0.1) is 11.8 Å². The van der Waals surface area contributed by atoms with Crippen molar-refractivity contribution in [1.82, 2.24) is 25.3 Å². The molecule has 0 bridgehead atoms.